The number of piperidine rings is 1. The topological polar surface area (TPSA) is 93.1 Å². The van der Waals surface area contributed by atoms with Gasteiger partial charge >= 0.3 is 5.97 Å². The van der Waals surface area contributed by atoms with Crippen molar-refractivity contribution in [1.29, 1.82) is 0 Å². The van der Waals surface area contributed by atoms with Gasteiger partial charge in [-0.25, -0.2) is 13.2 Å². The van der Waals surface area contributed by atoms with Gasteiger partial charge in [0.25, 0.3) is 10.0 Å². The molecular formula is C13H19NO6S2. The SMILES string of the molecule is COc1ccc(S(=O)(=O)N2CCC(C(OC)C(=O)O)CC2)s1. The summed E-state index contributed by atoms with van der Waals surface area (Å²) in [5.41, 5.74) is 0. The molecule has 0 aromatic carbocycles. The molecule has 1 atom stereocenters. The van der Waals surface area contributed by atoms with Crippen LogP contribution in [0.5, 0.6) is 5.06 Å². The van der Waals surface area contributed by atoms with E-state index in [-0.39, 0.29) is 10.1 Å². The van der Waals surface area contributed by atoms with E-state index in [4.69, 9.17) is 14.6 Å². The molecule has 0 bridgehead atoms. The van der Waals surface area contributed by atoms with Crippen molar-refractivity contribution >= 4 is 27.3 Å². The number of carboxylic acid groups (broad SMARTS) is 1. The van der Waals surface area contributed by atoms with Crippen LogP contribution in [0.15, 0.2) is 16.3 Å². The predicted octanol–water partition coefficient (Wildman–Crippen LogP) is 1.26. The van der Waals surface area contributed by atoms with Gasteiger partial charge in [0.05, 0.1) is 7.11 Å². The monoisotopic (exact) mass is 349 g/mol. The van der Waals surface area contributed by atoms with Crippen molar-refractivity contribution in [1.82, 2.24) is 4.31 Å². The second-order valence-electron chi connectivity index (χ2n) is 5.01. The van der Waals surface area contributed by atoms with Crippen molar-refractivity contribution in [2.45, 2.75) is 23.2 Å². The van der Waals surface area contributed by atoms with Crippen LogP contribution in [0.3, 0.4) is 0 Å². The molecule has 0 spiro atoms. The zero-order valence-corrected chi connectivity index (χ0v) is 14.0. The highest BCUT2D eigenvalue weighted by Crippen LogP contribution is 2.32. The van der Waals surface area contributed by atoms with E-state index in [9.17, 15) is 13.2 Å². The molecule has 1 saturated heterocycles. The predicted molar refractivity (Wildman–Crippen MR) is 80.8 cm³/mol. The summed E-state index contributed by atoms with van der Waals surface area (Å²) in [4.78, 5) is 11.1. The van der Waals surface area contributed by atoms with Crippen LogP contribution in [-0.4, -0.2) is 57.2 Å². The average Bonchev–Trinajstić information content (AvgIpc) is 2.98. The van der Waals surface area contributed by atoms with E-state index in [2.05, 4.69) is 0 Å². The number of rotatable bonds is 6. The first kappa shape index (κ1) is 17.2. The Morgan fingerprint density at radius 3 is 2.45 bits per heavy atom. The Morgan fingerprint density at radius 1 is 1.36 bits per heavy atom. The van der Waals surface area contributed by atoms with E-state index in [0.717, 1.165) is 11.3 Å². The fraction of sp³-hybridized carbons (Fsp3) is 0.615. The molecule has 1 fully saturated rings. The Morgan fingerprint density at radius 2 is 2.00 bits per heavy atom. The maximum Gasteiger partial charge on any atom is 0.333 e. The molecule has 124 valence electrons. The van der Waals surface area contributed by atoms with Gasteiger partial charge in [0.2, 0.25) is 0 Å². The Bertz CT molecular complexity index is 618. The van der Waals surface area contributed by atoms with Gasteiger partial charge in [-0.05, 0) is 30.9 Å². The summed E-state index contributed by atoms with van der Waals surface area (Å²) in [7, 11) is -0.692. The molecule has 22 heavy (non-hydrogen) atoms. The summed E-state index contributed by atoms with van der Waals surface area (Å²) in [6.07, 6.45) is 0.0470. The minimum absolute atomic E-state index is 0.174. The van der Waals surface area contributed by atoms with Crippen LogP contribution in [0, 0.1) is 5.92 Å². The van der Waals surface area contributed by atoms with Gasteiger partial charge in [0.15, 0.2) is 11.2 Å². The Hall–Kier alpha value is -1.16. The maximum absolute atomic E-state index is 12.5. The highest BCUT2D eigenvalue weighted by molar-refractivity contribution is 7.91. The quantitative estimate of drug-likeness (QED) is 0.831. The molecular weight excluding hydrogens is 330 g/mol. The number of carboxylic acids is 1. The smallest absolute Gasteiger partial charge is 0.333 e. The molecule has 9 heteroatoms. The van der Waals surface area contributed by atoms with Crippen molar-refractivity contribution in [3.8, 4) is 5.06 Å². The second kappa shape index (κ2) is 6.95. The second-order valence-corrected chi connectivity index (χ2v) is 8.22. The van der Waals surface area contributed by atoms with Crippen molar-refractivity contribution in [3.63, 3.8) is 0 Å². The van der Waals surface area contributed by atoms with E-state index >= 15 is 0 Å². The Balaban J connectivity index is 2.06. The molecule has 2 heterocycles. The first-order valence-electron chi connectivity index (χ1n) is 6.79. The summed E-state index contributed by atoms with van der Waals surface area (Å²) in [6.45, 7) is 0.584. The Kier molecular flexibility index (Phi) is 5.43. The first-order chi connectivity index (χ1) is 10.4. The lowest BCUT2D eigenvalue weighted by molar-refractivity contribution is -0.152. The number of ether oxygens (including phenoxy) is 2. The third-order valence-corrected chi connectivity index (χ3v) is 7.19. The van der Waals surface area contributed by atoms with Crippen LogP contribution in [0.1, 0.15) is 12.8 Å². The van der Waals surface area contributed by atoms with E-state index < -0.39 is 22.1 Å². The lowest BCUT2D eigenvalue weighted by Gasteiger charge is -2.32. The van der Waals surface area contributed by atoms with Crippen LogP contribution in [0.25, 0.3) is 0 Å². The number of sulfonamides is 1. The normalized spacial score (nSPS) is 19.0. The molecule has 2 rings (SSSR count). The lowest BCUT2D eigenvalue weighted by Crippen LogP contribution is -2.43. The van der Waals surface area contributed by atoms with E-state index in [1.807, 2.05) is 0 Å². The van der Waals surface area contributed by atoms with Gasteiger partial charge in [-0.3, -0.25) is 0 Å². The van der Waals surface area contributed by atoms with Crippen LogP contribution < -0.4 is 4.74 Å². The summed E-state index contributed by atoms with van der Waals surface area (Å²) in [5.74, 6) is -1.18. The minimum Gasteiger partial charge on any atom is -0.487 e. The largest absolute Gasteiger partial charge is 0.487 e. The number of nitrogens with zero attached hydrogens (tertiary/aromatic N) is 1. The number of methoxy groups -OCH3 is 2. The molecule has 1 aromatic rings. The molecule has 1 unspecified atom stereocenters. The van der Waals surface area contributed by atoms with Crippen LogP contribution in [0.2, 0.25) is 0 Å². The molecule has 0 saturated carbocycles. The van der Waals surface area contributed by atoms with E-state index in [1.54, 1.807) is 6.07 Å². The molecule has 7 nitrogen and oxygen atoms in total. The highest BCUT2D eigenvalue weighted by Gasteiger charge is 2.36. The summed E-state index contributed by atoms with van der Waals surface area (Å²) in [5, 5.41) is 9.63. The fourth-order valence-corrected chi connectivity index (χ4v) is 5.32. The third-order valence-electron chi connectivity index (χ3n) is 3.78. The summed E-state index contributed by atoms with van der Waals surface area (Å²) in [6, 6.07) is 3.15. The average molecular weight is 349 g/mol. The van der Waals surface area contributed by atoms with Gasteiger partial charge < -0.3 is 14.6 Å². The number of aliphatic carboxylic acids is 1. The molecule has 1 aliphatic rings. The van der Waals surface area contributed by atoms with Gasteiger partial charge in [-0.2, -0.15) is 4.31 Å². The van der Waals surface area contributed by atoms with Gasteiger partial charge in [-0.15, -0.1) is 0 Å². The van der Waals surface area contributed by atoms with Gasteiger partial charge in [0, 0.05) is 20.2 Å². The summed E-state index contributed by atoms with van der Waals surface area (Å²) < 4.78 is 36.7. The minimum atomic E-state index is -3.54. The van der Waals surface area contributed by atoms with Crippen molar-refractivity contribution < 1.29 is 27.8 Å². The van der Waals surface area contributed by atoms with Crippen LogP contribution in [-0.2, 0) is 19.6 Å². The Labute approximate surface area is 133 Å². The lowest BCUT2D eigenvalue weighted by atomic mass is 9.92. The zero-order chi connectivity index (χ0) is 16.3. The fourth-order valence-electron chi connectivity index (χ4n) is 2.59. The maximum atomic E-state index is 12.5. The number of hydrogen-bond donors (Lipinski definition) is 1. The van der Waals surface area contributed by atoms with Crippen molar-refractivity contribution in [3.05, 3.63) is 12.1 Å². The van der Waals surface area contributed by atoms with Gasteiger partial charge in [-0.1, -0.05) is 11.3 Å². The molecule has 0 amide bonds. The standard InChI is InChI=1S/C13H19NO6S2/c1-19-10-3-4-11(21-10)22(17,18)14-7-5-9(6-8-14)12(20-2)13(15)16/h3-4,9,12H,5-8H2,1-2H3,(H,15,16). The van der Waals surface area contributed by atoms with Crippen molar-refractivity contribution in [2.75, 3.05) is 27.3 Å². The zero-order valence-electron chi connectivity index (χ0n) is 12.4. The number of carbonyl (C=O) groups is 1. The van der Waals surface area contributed by atoms with E-state index in [1.165, 1.54) is 24.6 Å². The van der Waals surface area contributed by atoms with Crippen LogP contribution in [0.4, 0.5) is 0 Å². The molecule has 0 radical (unpaired) electrons. The third kappa shape index (κ3) is 3.43. The molecule has 1 aliphatic heterocycles. The van der Waals surface area contributed by atoms with Crippen molar-refractivity contribution in [2.24, 2.45) is 5.92 Å². The first-order valence-corrected chi connectivity index (χ1v) is 9.05. The molecule has 1 N–H and O–H groups in total. The van der Waals surface area contributed by atoms with Crippen LogP contribution >= 0.6 is 11.3 Å². The number of hydrogen-bond acceptors (Lipinski definition) is 6. The summed E-state index contributed by atoms with van der Waals surface area (Å²) >= 11 is 1.08. The highest BCUT2D eigenvalue weighted by atomic mass is 32.2. The van der Waals surface area contributed by atoms with E-state index in [0.29, 0.717) is 31.0 Å². The number of thiophene rings is 1. The molecule has 0 aliphatic carbocycles. The van der Waals surface area contributed by atoms with Gasteiger partial charge in [0.1, 0.15) is 4.21 Å². The molecule has 1 aromatic heterocycles.